The molecule has 0 atom stereocenters. The van der Waals surface area contributed by atoms with Gasteiger partial charge in [0.05, 0.1) is 0 Å². The van der Waals surface area contributed by atoms with E-state index in [0.717, 1.165) is 12.1 Å². The highest BCUT2D eigenvalue weighted by Crippen LogP contribution is 2.21. The van der Waals surface area contributed by atoms with E-state index in [4.69, 9.17) is 11.6 Å². The van der Waals surface area contributed by atoms with E-state index in [2.05, 4.69) is 6.58 Å². The number of benzene rings is 1. The molecule has 1 nitrogen and oxygen atoms in total. The van der Waals surface area contributed by atoms with Crippen LogP contribution in [-0.2, 0) is 0 Å². The van der Waals surface area contributed by atoms with E-state index in [1.54, 1.807) is 0 Å². The molecule has 74 valence electrons. The molecule has 0 saturated heterocycles. The zero-order valence-corrected chi connectivity index (χ0v) is 8.16. The van der Waals surface area contributed by atoms with E-state index in [1.807, 2.05) is 0 Å². The van der Waals surface area contributed by atoms with E-state index in [-0.39, 0.29) is 11.1 Å². The maximum absolute atomic E-state index is 12.9. The molecule has 0 aliphatic carbocycles. The Bertz CT molecular complexity index is 390. The van der Waals surface area contributed by atoms with Crippen molar-refractivity contribution in [2.24, 2.45) is 0 Å². The molecule has 1 aromatic carbocycles. The maximum Gasteiger partial charge on any atom is 0.188 e. The van der Waals surface area contributed by atoms with Gasteiger partial charge in [0.15, 0.2) is 5.78 Å². The van der Waals surface area contributed by atoms with Gasteiger partial charge in [-0.05, 0) is 24.6 Å². The van der Waals surface area contributed by atoms with Crippen LogP contribution in [-0.4, -0.2) is 5.78 Å². The van der Waals surface area contributed by atoms with E-state index in [9.17, 15) is 13.6 Å². The van der Waals surface area contributed by atoms with Crippen molar-refractivity contribution in [3.63, 3.8) is 0 Å². The van der Waals surface area contributed by atoms with Crippen LogP contribution in [0, 0.1) is 11.6 Å². The minimum Gasteiger partial charge on any atom is -0.289 e. The molecule has 0 spiro atoms. The van der Waals surface area contributed by atoms with Crippen molar-refractivity contribution in [3.05, 3.63) is 46.5 Å². The number of ketones is 1. The Morgan fingerprint density at radius 3 is 2.14 bits per heavy atom. The number of allylic oxidation sites excluding steroid dienone is 1. The van der Waals surface area contributed by atoms with Gasteiger partial charge in [0.25, 0.3) is 0 Å². The summed E-state index contributed by atoms with van der Waals surface area (Å²) in [7, 11) is 0. The van der Waals surface area contributed by atoms with Gasteiger partial charge >= 0.3 is 0 Å². The topological polar surface area (TPSA) is 17.1 Å². The van der Waals surface area contributed by atoms with Gasteiger partial charge in [-0.2, -0.15) is 0 Å². The van der Waals surface area contributed by atoms with Crippen molar-refractivity contribution in [3.8, 4) is 0 Å². The largest absolute Gasteiger partial charge is 0.289 e. The molecule has 4 heteroatoms. The molecule has 0 radical (unpaired) electrons. The van der Waals surface area contributed by atoms with Crippen LogP contribution in [0.4, 0.5) is 8.78 Å². The SMILES string of the molecule is C=C(C)C(=O)c1cc(F)c(Cl)c(F)c1. The molecule has 0 fully saturated rings. The van der Waals surface area contributed by atoms with Gasteiger partial charge in [0.2, 0.25) is 0 Å². The fraction of sp³-hybridized carbons (Fsp3) is 0.100. The van der Waals surface area contributed by atoms with E-state index >= 15 is 0 Å². The third-order valence-electron chi connectivity index (χ3n) is 1.63. The zero-order chi connectivity index (χ0) is 10.9. The van der Waals surface area contributed by atoms with Crippen molar-refractivity contribution < 1.29 is 13.6 Å². The van der Waals surface area contributed by atoms with Gasteiger partial charge in [-0.15, -0.1) is 0 Å². The lowest BCUT2D eigenvalue weighted by molar-refractivity contribution is 0.103. The fourth-order valence-corrected chi connectivity index (χ4v) is 1.04. The number of hydrogen-bond donors (Lipinski definition) is 0. The summed E-state index contributed by atoms with van der Waals surface area (Å²) in [5, 5.41) is -0.608. The number of hydrogen-bond acceptors (Lipinski definition) is 1. The molecule has 1 rings (SSSR count). The molecule has 0 heterocycles. The second-order valence-corrected chi connectivity index (χ2v) is 3.24. The summed E-state index contributed by atoms with van der Waals surface area (Å²) in [6, 6.07) is 1.78. The second-order valence-electron chi connectivity index (χ2n) is 2.86. The van der Waals surface area contributed by atoms with Gasteiger partial charge in [0, 0.05) is 5.56 Å². The summed E-state index contributed by atoms with van der Waals surface area (Å²) in [5.41, 5.74) is 0.128. The quantitative estimate of drug-likeness (QED) is 0.421. The Morgan fingerprint density at radius 2 is 1.79 bits per heavy atom. The predicted octanol–water partition coefficient (Wildman–Crippen LogP) is 3.38. The molecule has 0 aliphatic rings. The number of Topliss-reactive ketones (excluding diaryl/α,β-unsaturated/α-hetero) is 1. The molecule has 0 aliphatic heterocycles. The van der Waals surface area contributed by atoms with Crippen LogP contribution in [0.25, 0.3) is 0 Å². The first kappa shape index (κ1) is 10.9. The minimum atomic E-state index is -0.948. The lowest BCUT2D eigenvalue weighted by Gasteiger charge is -2.02. The van der Waals surface area contributed by atoms with Gasteiger partial charge in [-0.3, -0.25) is 4.79 Å². The van der Waals surface area contributed by atoms with E-state index < -0.39 is 22.4 Å². The molecule has 14 heavy (non-hydrogen) atoms. The molecule has 0 bridgehead atoms. The van der Waals surface area contributed by atoms with Crippen molar-refractivity contribution in [2.45, 2.75) is 6.92 Å². The lowest BCUT2D eigenvalue weighted by Crippen LogP contribution is -2.01. The number of carbonyl (C=O) groups excluding carboxylic acids is 1. The van der Waals surface area contributed by atoms with Crippen molar-refractivity contribution in [2.75, 3.05) is 0 Å². The number of halogens is 3. The van der Waals surface area contributed by atoms with Crippen LogP contribution in [0.1, 0.15) is 17.3 Å². The first-order valence-electron chi connectivity index (χ1n) is 3.78. The van der Waals surface area contributed by atoms with Crippen molar-refractivity contribution >= 4 is 17.4 Å². The predicted molar refractivity (Wildman–Crippen MR) is 50.5 cm³/mol. The molecular formula is C10H7ClF2O. The fourth-order valence-electron chi connectivity index (χ4n) is 0.933. The Balaban J connectivity index is 3.26. The Kier molecular flexibility index (Phi) is 3.01. The molecule has 0 unspecified atom stereocenters. The minimum absolute atomic E-state index is 0.0862. The van der Waals surface area contributed by atoms with Crippen LogP contribution in [0.2, 0.25) is 5.02 Å². The van der Waals surface area contributed by atoms with Crippen molar-refractivity contribution in [1.82, 2.24) is 0 Å². The first-order chi connectivity index (χ1) is 6.43. The molecular weight excluding hydrogens is 210 g/mol. The first-order valence-corrected chi connectivity index (χ1v) is 4.16. The Labute approximate surface area is 85.0 Å². The number of carbonyl (C=O) groups is 1. The second kappa shape index (κ2) is 3.88. The average Bonchev–Trinajstić information content (AvgIpc) is 2.12. The van der Waals surface area contributed by atoms with E-state index in [0.29, 0.717) is 0 Å². The maximum atomic E-state index is 12.9. The average molecular weight is 217 g/mol. The Hall–Kier alpha value is -1.22. The molecule has 0 aromatic heterocycles. The van der Waals surface area contributed by atoms with Gasteiger partial charge < -0.3 is 0 Å². The van der Waals surface area contributed by atoms with Crippen LogP contribution in [0.15, 0.2) is 24.3 Å². The summed E-state index contributed by atoms with van der Waals surface area (Å²) in [5.74, 6) is -2.40. The highest BCUT2D eigenvalue weighted by Gasteiger charge is 2.13. The van der Waals surface area contributed by atoms with Crippen LogP contribution in [0.5, 0.6) is 0 Å². The van der Waals surface area contributed by atoms with Crippen molar-refractivity contribution in [1.29, 1.82) is 0 Å². The highest BCUT2D eigenvalue weighted by molar-refractivity contribution is 6.31. The Morgan fingerprint density at radius 1 is 1.36 bits per heavy atom. The summed E-state index contributed by atoms with van der Waals surface area (Å²) >= 11 is 5.25. The summed E-state index contributed by atoms with van der Waals surface area (Å²) in [4.78, 5) is 11.3. The highest BCUT2D eigenvalue weighted by atomic mass is 35.5. The van der Waals surface area contributed by atoms with Gasteiger partial charge in [-0.1, -0.05) is 18.2 Å². The monoisotopic (exact) mass is 216 g/mol. The molecule has 1 aromatic rings. The van der Waals surface area contributed by atoms with Crippen LogP contribution < -0.4 is 0 Å². The van der Waals surface area contributed by atoms with Gasteiger partial charge in [-0.25, -0.2) is 8.78 Å². The summed E-state index contributed by atoms with van der Waals surface area (Å²) in [6.45, 7) is 4.85. The third-order valence-corrected chi connectivity index (χ3v) is 1.99. The molecule has 0 saturated carbocycles. The van der Waals surface area contributed by atoms with Crippen LogP contribution in [0.3, 0.4) is 0 Å². The third kappa shape index (κ3) is 1.99. The number of rotatable bonds is 2. The van der Waals surface area contributed by atoms with Crippen LogP contribution >= 0.6 is 11.6 Å². The molecule has 0 amide bonds. The van der Waals surface area contributed by atoms with Gasteiger partial charge in [0.1, 0.15) is 16.7 Å². The zero-order valence-electron chi connectivity index (χ0n) is 7.40. The summed E-state index contributed by atoms with van der Waals surface area (Å²) in [6.07, 6.45) is 0. The summed E-state index contributed by atoms with van der Waals surface area (Å²) < 4.78 is 25.8. The smallest absolute Gasteiger partial charge is 0.188 e. The van der Waals surface area contributed by atoms with E-state index in [1.165, 1.54) is 6.92 Å². The lowest BCUT2D eigenvalue weighted by atomic mass is 10.1. The standard InChI is InChI=1S/C10H7ClF2O/c1-5(2)10(14)6-3-7(12)9(11)8(13)4-6/h3-4H,1H2,2H3. The molecule has 0 N–H and O–H groups in total. The normalized spacial score (nSPS) is 10.0.